The van der Waals surface area contributed by atoms with E-state index in [1.807, 2.05) is 18.7 Å². The van der Waals surface area contributed by atoms with Crippen molar-refractivity contribution in [3.63, 3.8) is 0 Å². The van der Waals surface area contributed by atoms with E-state index in [1.165, 1.54) is 0 Å². The van der Waals surface area contributed by atoms with Crippen LogP contribution < -0.4 is 5.32 Å². The minimum atomic E-state index is -0.185. The molecule has 0 radical (unpaired) electrons. The Bertz CT molecular complexity index is 260. The summed E-state index contributed by atoms with van der Waals surface area (Å²) in [6.45, 7) is 8.13. The van der Waals surface area contributed by atoms with Gasteiger partial charge in [-0.15, -0.1) is 0 Å². The van der Waals surface area contributed by atoms with Gasteiger partial charge in [-0.25, -0.2) is 0 Å². The molecular formula is C12H22N2O2. The quantitative estimate of drug-likeness (QED) is 0.713. The van der Waals surface area contributed by atoms with Crippen LogP contribution in [0.3, 0.4) is 0 Å². The summed E-state index contributed by atoms with van der Waals surface area (Å²) in [5.74, 6) is 0.492. The molecule has 4 heteroatoms. The van der Waals surface area contributed by atoms with Gasteiger partial charge in [0.25, 0.3) is 0 Å². The van der Waals surface area contributed by atoms with Gasteiger partial charge >= 0.3 is 0 Å². The van der Waals surface area contributed by atoms with E-state index < -0.39 is 0 Å². The van der Waals surface area contributed by atoms with Crippen molar-refractivity contribution < 1.29 is 9.53 Å². The Morgan fingerprint density at radius 1 is 1.50 bits per heavy atom. The van der Waals surface area contributed by atoms with Crippen molar-refractivity contribution in [2.45, 2.75) is 32.3 Å². The number of morpholine rings is 1. The lowest BCUT2D eigenvalue weighted by atomic mass is 9.97. The Hall–Kier alpha value is -0.610. The highest BCUT2D eigenvalue weighted by atomic mass is 16.5. The van der Waals surface area contributed by atoms with Gasteiger partial charge in [-0.05, 0) is 33.2 Å². The number of carbonyl (C=O) groups is 1. The minimum Gasteiger partial charge on any atom is -0.372 e. The van der Waals surface area contributed by atoms with Gasteiger partial charge in [0.05, 0.1) is 18.1 Å². The third-order valence-electron chi connectivity index (χ3n) is 3.38. The third-order valence-corrected chi connectivity index (χ3v) is 3.38. The first-order chi connectivity index (χ1) is 7.58. The van der Waals surface area contributed by atoms with Gasteiger partial charge in [0, 0.05) is 19.6 Å². The van der Waals surface area contributed by atoms with Crippen LogP contribution in [0.2, 0.25) is 0 Å². The zero-order valence-corrected chi connectivity index (χ0v) is 10.3. The van der Waals surface area contributed by atoms with Crippen LogP contribution in [0.1, 0.15) is 26.7 Å². The van der Waals surface area contributed by atoms with Gasteiger partial charge in [0.1, 0.15) is 0 Å². The highest BCUT2D eigenvalue weighted by Crippen LogP contribution is 2.20. The molecule has 2 saturated heterocycles. The lowest BCUT2D eigenvalue weighted by molar-refractivity contribution is -0.150. The predicted molar refractivity (Wildman–Crippen MR) is 62.2 cm³/mol. The molecule has 0 aliphatic carbocycles. The van der Waals surface area contributed by atoms with E-state index in [2.05, 4.69) is 5.32 Å². The van der Waals surface area contributed by atoms with E-state index in [0.717, 1.165) is 39.0 Å². The number of hydrogen-bond acceptors (Lipinski definition) is 3. The summed E-state index contributed by atoms with van der Waals surface area (Å²) in [5, 5.41) is 3.30. The fraction of sp³-hybridized carbons (Fsp3) is 0.917. The minimum absolute atomic E-state index is 0.183. The molecule has 0 saturated carbocycles. The second-order valence-corrected chi connectivity index (χ2v) is 5.41. The van der Waals surface area contributed by atoms with E-state index in [0.29, 0.717) is 12.5 Å². The summed E-state index contributed by atoms with van der Waals surface area (Å²) >= 11 is 0. The lowest BCUT2D eigenvalue weighted by Gasteiger charge is -2.40. The molecule has 0 spiro atoms. The summed E-state index contributed by atoms with van der Waals surface area (Å²) in [6.07, 6.45) is 2.15. The second kappa shape index (κ2) is 4.72. The molecule has 0 aromatic carbocycles. The molecule has 2 heterocycles. The van der Waals surface area contributed by atoms with Crippen molar-refractivity contribution in [1.82, 2.24) is 10.2 Å². The van der Waals surface area contributed by atoms with Gasteiger partial charge in [0.2, 0.25) is 5.91 Å². The summed E-state index contributed by atoms with van der Waals surface area (Å²) in [5.41, 5.74) is -0.185. The normalized spacial score (nSPS) is 30.1. The van der Waals surface area contributed by atoms with E-state index in [1.54, 1.807) is 0 Å². The van der Waals surface area contributed by atoms with Crippen molar-refractivity contribution in [2.75, 3.05) is 32.8 Å². The summed E-state index contributed by atoms with van der Waals surface area (Å²) < 4.78 is 5.62. The summed E-state index contributed by atoms with van der Waals surface area (Å²) in [6, 6.07) is 0. The number of nitrogens with zero attached hydrogens (tertiary/aromatic N) is 1. The van der Waals surface area contributed by atoms with E-state index in [9.17, 15) is 4.79 Å². The lowest BCUT2D eigenvalue weighted by Crippen LogP contribution is -2.53. The van der Waals surface area contributed by atoms with E-state index >= 15 is 0 Å². The number of nitrogens with one attached hydrogen (secondary N) is 1. The molecule has 0 bridgehead atoms. The zero-order valence-electron chi connectivity index (χ0n) is 10.3. The van der Waals surface area contributed by atoms with Crippen molar-refractivity contribution in [2.24, 2.45) is 5.92 Å². The molecule has 4 nitrogen and oxygen atoms in total. The average Bonchev–Trinajstić information content (AvgIpc) is 2.28. The number of carbonyl (C=O) groups excluding carboxylic acids is 1. The molecule has 2 rings (SSSR count). The molecule has 2 aliphatic heterocycles. The van der Waals surface area contributed by atoms with Crippen LogP contribution in [0.4, 0.5) is 0 Å². The number of rotatable bonds is 1. The molecule has 1 atom stereocenters. The molecule has 16 heavy (non-hydrogen) atoms. The van der Waals surface area contributed by atoms with Crippen LogP contribution in [-0.4, -0.2) is 49.2 Å². The molecular weight excluding hydrogens is 204 g/mol. The molecule has 1 amide bonds. The van der Waals surface area contributed by atoms with Gasteiger partial charge in [0.15, 0.2) is 0 Å². The van der Waals surface area contributed by atoms with Crippen LogP contribution in [0.25, 0.3) is 0 Å². The molecule has 1 N–H and O–H groups in total. The predicted octanol–water partition coefficient (Wildman–Crippen LogP) is 0.623. The standard InChI is InChI=1S/C12H22N2O2/c1-12(2)9-14(6-7-16-12)11(15)10-4-3-5-13-8-10/h10,13H,3-9H2,1-2H3/t10-/m0/s1. The second-order valence-electron chi connectivity index (χ2n) is 5.41. The van der Waals surface area contributed by atoms with E-state index in [-0.39, 0.29) is 11.5 Å². The maximum Gasteiger partial charge on any atom is 0.227 e. The number of amides is 1. The van der Waals surface area contributed by atoms with Crippen LogP contribution in [0, 0.1) is 5.92 Å². The number of ether oxygens (including phenoxy) is 1. The van der Waals surface area contributed by atoms with Gasteiger partial charge in [-0.3, -0.25) is 4.79 Å². The maximum absolute atomic E-state index is 12.3. The van der Waals surface area contributed by atoms with Gasteiger partial charge < -0.3 is 15.0 Å². The van der Waals surface area contributed by atoms with Gasteiger partial charge in [-0.2, -0.15) is 0 Å². The van der Waals surface area contributed by atoms with Crippen molar-refractivity contribution in [3.05, 3.63) is 0 Å². The van der Waals surface area contributed by atoms with Crippen molar-refractivity contribution >= 4 is 5.91 Å². The monoisotopic (exact) mass is 226 g/mol. The Morgan fingerprint density at radius 3 is 2.94 bits per heavy atom. The first-order valence-corrected chi connectivity index (χ1v) is 6.22. The largest absolute Gasteiger partial charge is 0.372 e. The first kappa shape index (κ1) is 11.9. The Balaban J connectivity index is 1.93. The molecule has 2 fully saturated rings. The summed E-state index contributed by atoms with van der Waals surface area (Å²) in [4.78, 5) is 14.2. The van der Waals surface area contributed by atoms with Crippen molar-refractivity contribution in [1.29, 1.82) is 0 Å². The SMILES string of the molecule is CC1(C)CN(C(=O)[C@H]2CCCNC2)CCO1. The smallest absolute Gasteiger partial charge is 0.227 e. The molecule has 0 unspecified atom stereocenters. The summed E-state index contributed by atoms with van der Waals surface area (Å²) in [7, 11) is 0. The van der Waals surface area contributed by atoms with Gasteiger partial charge in [-0.1, -0.05) is 0 Å². The first-order valence-electron chi connectivity index (χ1n) is 6.22. The van der Waals surface area contributed by atoms with Crippen LogP contribution in [-0.2, 0) is 9.53 Å². The third kappa shape index (κ3) is 2.74. The maximum atomic E-state index is 12.3. The Labute approximate surface area is 97.3 Å². The number of piperidine rings is 1. The van der Waals surface area contributed by atoms with Crippen LogP contribution in [0.5, 0.6) is 0 Å². The molecule has 0 aromatic rings. The van der Waals surface area contributed by atoms with Crippen LogP contribution >= 0.6 is 0 Å². The molecule has 0 aromatic heterocycles. The number of hydrogen-bond donors (Lipinski definition) is 1. The topological polar surface area (TPSA) is 41.6 Å². The highest BCUT2D eigenvalue weighted by molar-refractivity contribution is 5.79. The molecule has 92 valence electrons. The Kier molecular flexibility index (Phi) is 3.50. The highest BCUT2D eigenvalue weighted by Gasteiger charge is 2.33. The molecule has 2 aliphatic rings. The van der Waals surface area contributed by atoms with Crippen LogP contribution in [0.15, 0.2) is 0 Å². The van der Waals surface area contributed by atoms with E-state index in [4.69, 9.17) is 4.74 Å². The average molecular weight is 226 g/mol. The Morgan fingerprint density at radius 2 is 2.31 bits per heavy atom. The fourth-order valence-electron chi connectivity index (χ4n) is 2.53. The fourth-order valence-corrected chi connectivity index (χ4v) is 2.53. The van der Waals surface area contributed by atoms with Crippen molar-refractivity contribution in [3.8, 4) is 0 Å². The zero-order chi connectivity index (χ0) is 11.6.